The maximum Gasteiger partial charge on any atom is 0.243 e. The zero-order valence-corrected chi connectivity index (χ0v) is 20.0. The fourth-order valence-electron chi connectivity index (χ4n) is 2.81. The molecule has 0 aliphatic heterocycles. The summed E-state index contributed by atoms with van der Waals surface area (Å²) in [4.78, 5) is 12.3. The van der Waals surface area contributed by atoms with Crippen molar-refractivity contribution in [3.05, 3.63) is 35.1 Å². The van der Waals surface area contributed by atoms with Gasteiger partial charge in [0.2, 0.25) is 15.9 Å². The number of thioether (sulfide) groups is 1. The molecule has 0 fully saturated rings. The van der Waals surface area contributed by atoms with Crippen LogP contribution in [0.2, 0.25) is 5.02 Å². The summed E-state index contributed by atoms with van der Waals surface area (Å²) in [6, 6.07) is 5.84. The highest BCUT2D eigenvalue weighted by atomic mass is 35.5. The molecule has 1 heterocycles. The Morgan fingerprint density at radius 1 is 1.27 bits per heavy atom. The van der Waals surface area contributed by atoms with Crippen LogP contribution in [0.1, 0.15) is 26.1 Å². The minimum absolute atomic E-state index is 0.0938. The molecule has 30 heavy (non-hydrogen) atoms. The van der Waals surface area contributed by atoms with Crippen LogP contribution in [0, 0.1) is 5.92 Å². The summed E-state index contributed by atoms with van der Waals surface area (Å²) in [5, 5.41) is 12.6. The number of aromatic nitrogens is 3. The molecular formula is C19H28ClN5O3S2. The third-order valence-corrected chi connectivity index (χ3v) is 7.05. The maximum absolute atomic E-state index is 12.5. The first kappa shape index (κ1) is 24.6. The number of amides is 1. The number of likely N-dealkylation sites (N-methyl/N-ethyl adjacent to an activating group) is 1. The first-order valence-electron chi connectivity index (χ1n) is 9.59. The van der Waals surface area contributed by atoms with Crippen molar-refractivity contribution in [2.24, 2.45) is 5.92 Å². The molecule has 0 saturated heterocycles. The molecule has 1 aromatic carbocycles. The van der Waals surface area contributed by atoms with Gasteiger partial charge in [-0.25, -0.2) is 8.42 Å². The molecule has 0 aliphatic rings. The molecular weight excluding hydrogens is 446 g/mol. The monoisotopic (exact) mass is 473 g/mol. The number of aryl methyl sites for hydroxylation is 1. The molecule has 0 unspecified atom stereocenters. The van der Waals surface area contributed by atoms with Gasteiger partial charge in [-0.1, -0.05) is 37.2 Å². The number of sulfonamides is 1. The highest BCUT2D eigenvalue weighted by Crippen LogP contribution is 2.18. The van der Waals surface area contributed by atoms with Crippen LogP contribution in [0.25, 0.3) is 0 Å². The van der Waals surface area contributed by atoms with Crippen molar-refractivity contribution in [1.29, 1.82) is 0 Å². The molecule has 1 amide bonds. The van der Waals surface area contributed by atoms with Crippen molar-refractivity contribution >= 4 is 39.3 Å². The van der Waals surface area contributed by atoms with Crippen LogP contribution in [0.3, 0.4) is 0 Å². The summed E-state index contributed by atoms with van der Waals surface area (Å²) in [7, 11) is -2.37. The Balaban J connectivity index is 1.84. The van der Waals surface area contributed by atoms with E-state index in [0.717, 1.165) is 21.8 Å². The molecule has 2 rings (SSSR count). The first-order valence-corrected chi connectivity index (χ1v) is 12.6. The van der Waals surface area contributed by atoms with E-state index in [0.29, 0.717) is 30.3 Å². The highest BCUT2D eigenvalue weighted by Gasteiger charge is 2.22. The van der Waals surface area contributed by atoms with Crippen molar-refractivity contribution in [3.63, 3.8) is 0 Å². The van der Waals surface area contributed by atoms with Crippen LogP contribution >= 0.6 is 23.4 Å². The van der Waals surface area contributed by atoms with Gasteiger partial charge in [0.1, 0.15) is 5.82 Å². The Kier molecular flexibility index (Phi) is 9.14. The lowest BCUT2D eigenvalue weighted by atomic mass is 10.2. The molecule has 1 N–H and O–H groups in total. The Bertz CT molecular complexity index is 946. The quantitative estimate of drug-likeness (QED) is 0.398. The molecule has 11 heteroatoms. The average molecular weight is 474 g/mol. The number of nitrogens with one attached hydrogen (secondary N) is 1. The molecule has 0 radical (unpaired) electrons. The molecule has 0 aliphatic carbocycles. The molecule has 166 valence electrons. The van der Waals surface area contributed by atoms with Crippen molar-refractivity contribution in [1.82, 2.24) is 24.4 Å². The van der Waals surface area contributed by atoms with E-state index in [9.17, 15) is 13.2 Å². The van der Waals surface area contributed by atoms with Gasteiger partial charge in [-0.3, -0.25) is 4.79 Å². The second-order valence-electron chi connectivity index (χ2n) is 7.28. The molecule has 0 bridgehead atoms. The van der Waals surface area contributed by atoms with E-state index < -0.39 is 10.0 Å². The fraction of sp³-hybridized carbons (Fsp3) is 0.526. The fourth-order valence-corrected chi connectivity index (χ4v) is 4.58. The van der Waals surface area contributed by atoms with Crippen molar-refractivity contribution in [2.45, 2.75) is 43.3 Å². The van der Waals surface area contributed by atoms with Gasteiger partial charge in [0.15, 0.2) is 5.16 Å². The summed E-state index contributed by atoms with van der Waals surface area (Å²) in [5.74, 6) is 1.01. The van der Waals surface area contributed by atoms with E-state index in [-0.39, 0.29) is 17.3 Å². The maximum atomic E-state index is 12.5. The van der Waals surface area contributed by atoms with Crippen LogP contribution in [-0.4, -0.2) is 59.8 Å². The SMILES string of the molecule is CSc1nnc(CCCNC(=O)CN(C)S(=O)(=O)c2ccc(Cl)cc2)n1CC(C)C. The predicted octanol–water partition coefficient (Wildman–Crippen LogP) is 2.68. The number of rotatable bonds is 11. The van der Waals surface area contributed by atoms with Crippen LogP contribution < -0.4 is 5.32 Å². The number of carbonyl (C=O) groups excluding carboxylic acids is 1. The van der Waals surface area contributed by atoms with Gasteiger partial charge >= 0.3 is 0 Å². The zero-order valence-electron chi connectivity index (χ0n) is 17.6. The average Bonchev–Trinajstić information content (AvgIpc) is 3.06. The topological polar surface area (TPSA) is 97.2 Å². The lowest BCUT2D eigenvalue weighted by molar-refractivity contribution is -0.121. The lowest BCUT2D eigenvalue weighted by Crippen LogP contribution is -2.38. The largest absolute Gasteiger partial charge is 0.355 e. The van der Waals surface area contributed by atoms with E-state index in [1.807, 2.05) is 6.26 Å². The lowest BCUT2D eigenvalue weighted by Gasteiger charge is -2.17. The Hall–Kier alpha value is -1.62. The second kappa shape index (κ2) is 11.1. The third-order valence-electron chi connectivity index (χ3n) is 4.31. The van der Waals surface area contributed by atoms with E-state index in [2.05, 4.69) is 33.9 Å². The molecule has 2 aromatic rings. The van der Waals surface area contributed by atoms with E-state index in [1.54, 1.807) is 11.8 Å². The zero-order chi connectivity index (χ0) is 22.3. The van der Waals surface area contributed by atoms with Crippen molar-refractivity contribution < 1.29 is 13.2 Å². The number of hydrogen-bond acceptors (Lipinski definition) is 6. The number of hydrogen-bond donors (Lipinski definition) is 1. The second-order valence-corrected chi connectivity index (χ2v) is 10.5. The van der Waals surface area contributed by atoms with E-state index >= 15 is 0 Å². The number of nitrogens with zero attached hydrogens (tertiary/aromatic N) is 4. The molecule has 0 saturated carbocycles. The van der Waals surface area contributed by atoms with Gasteiger partial charge in [0.25, 0.3) is 0 Å². The van der Waals surface area contributed by atoms with Crippen LogP contribution in [0.15, 0.2) is 34.3 Å². The molecule has 8 nitrogen and oxygen atoms in total. The number of halogens is 1. The smallest absolute Gasteiger partial charge is 0.243 e. The van der Waals surface area contributed by atoms with Gasteiger partial charge in [0.05, 0.1) is 11.4 Å². The van der Waals surface area contributed by atoms with Gasteiger partial charge in [-0.15, -0.1) is 10.2 Å². The van der Waals surface area contributed by atoms with Crippen LogP contribution in [0.5, 0.6) is 0 Å². The van der Waals surface area contributed by atoms with Gasteiger partial charge in [0, 0.05) is 31.6 Å². The van der Waals surface area contributed by atoms with Gasteiger partial charge in [-0.05, 0) is 42.9 Å². The minimum atomic E-state index is -3.75. The molecule has 0 atom stereocenters. The summed E-state index contributed by atoms with van der Waals surface area (Å²) in [5.41, 5.74) is 0. The first-order chi connectivity index (χ1) is 14.1. The predicted molar refractivity (Wildman–Crippen MR) is 119 cm³/mol. The van der Waals surface area contributed by atoms with E-state index in [4.69, 9.17) is 11.6 Å². The summed E-state index contributed by atoms with van der Waals surface area (Å²) in [6.07, 6.45) is 3.34. The Morgan fingerprint density at radius 2 is 1.93 bits per heavy atom. The van der Waals surface area contributed by atoms with Gasteiger partial charge in [-0.2, -0.15) is 4.31 Å². The molecule has 0 spiro atoms. The summed E-state index contributed by atoms with van der Waals surface area (Å²) >= 11 is 7.36. The van der Waals surface area contributed by atoms with E-state index in [1.165, 1.54) is 31.3 Å². The standard InChI is InChI=1S/C19H28ClN5O3S2/c1-14(2)12-25-17(22-23-19(25)29-4)6-5-11-21-18(26)13-24(3)30(27,28)16-9-7-15(20)8-10-16/h7-10,14H,5-6,11-13H2,1-4H3,(H,21,26). The van der Waals surface area contributed by atoms with Crippen LogP contribution in [0.4, 0.5) is 0 Å². The van der Waals surface area contributed by atoms with Crippen LogP contribution in [-0.2, 0) is 27.8 Å². The van der Waals surface area contributed by atoms with Crippen molar-refractivity contribution in [3.8, 4) is 0 Å². The molecule has 1 aromatic heterocycles. The Labute approximate surface area is 187 Å². The Morgan fingerprint density at radius 3 is 2.53 bits per heavy atom. The van der Waals surface area contributed by atoms with Crippen molar-refractivity contribution in [2.75, 3.05) is 26.4 Å². The highest BCUT2D eigenvalue weighted by molar-refractivity contribution is 7.98. The summed E-state index contributed by atoms with van der Waals surface area (Å²) in [6.45, 7) is 5.30. The third kappa shape index (κ3) is 6.69. The number of carbonyl (C=O) groups is 1. The van der Waals surface area contributed by atoms with Gasteiger partial charge < -0.3 is 9.88 Å². The minimum Gasteiger partial charge on any atom is -0.355 e. The summed E-state index contributed by atoms with van der Waals surface area (Å²) < 4.78 is 28.2. The normalized spacial score (nSPS) is 12.0. The number of benzene rings is 1.